The summed E-state index contributed by atoms with van der Waals surface area (Å²) in [6, 6.07) is 18.5. The minimum absolute atomic E-state index is 0.0232. The minimum Gasteiger partial charge on any atom is -0.378 e. The molecule has 3 aromatic rings. The molecule has 5 rings (SSSR count). The Morgan fingerprint density at radius 3 is 2.47 bits per heavy atom. The van der Waals surface area contributed by atoms with Crippen LogP contribution >= 0.6 is 11.8 Å². The Morgan fingerprint density at radius 1 is 1.06 bits per heavy atom. The number of carbonyl (C=O) groups excluding carboxylic acids is 1. The Bertz CT molecular complexity index is 1060. The van der Waals surface area contributed by atoms with Gasteiger partial charge in [0.2, 0.25) is 11.9 Å². The van der Waals surface area contributed by atoms with Crippen molar-refractivity contribution >= 4 is 23.6 Å². The van der Waals surface area contributed by atoms with E-state index in [1.165, 1.54) is 17.3 Å². The lowest BCUT2D eigenvalue weighted by Gasteiger charge is -2.28. The van der Waals surface area contributed by atoms with E-state index in [1.807, 2.05) is 30.3 Å². The van der Waals surface area contributed by atoms with Gasteiger partial charge in [-0.2, -0.15) is 0 Å². The number of nitrogens with one attached hydrogen (secondary N) is 1. The number of benzene rings is 2. The predicted molar refractivity (Wildman–Crippen MR) is 125 cm³/mol. The van der Waals surface area contributed by atoms with Crippen molar-refractivity contribution in [3.63, 3.8) is 0 Å². The summed E-state index contributed by atoms with van der Waals surface area (Å²) in [7, 11) is 0. The van der Waals surface area contributed by atoms with Gasteiger partial charge in [-0.3, -0.25) is 9.36 Å². The van der Waals surface area contributed by atoms with Crippen molar-refractivity contribution < 1.29 is 9.53 Å². The van der Waals surface area contributed by atoms with Crippen LogP contribution in [0.4, 0.5) is 5.95 Å². The zero-order valence-electron chi connectivity index (χ0n) is 18.1. The van der Waals surface area contributed by atoms with Gasteiger partial charge in [-0.1, -0.05) is 59.8 Å². The lowest BCUT2D eigenvalue weighted by Crippen LogP contribution is -2.38. The highest BCUT2D eigenvalue weighted by atomic mass is 32.2. The molecule has 0 spiro atoms. The second-order valence-electron chi connectivity index (χ2n) is 8.24. The average molecular weight is 450 g/mol. The summed E-state index contributed by atoms with van der Waals surface area (Å²) in [5.41, 5.74) is 3.14. The Kier molecular flexibility index (Phi) is 6.14. The number of thioether (sulfide) groups is 1. The van der Waals surface area contributed by atoms with Gasteiger partial charge in [0, 0.05) is 19.1 Å². The molecule has 1 aromatic heterocycles. The zero-order chi connectivity index (χ0) is 21.9. The fourth-order valence-electron chi connectivity index (χ4n) is 3.74. The molecule has 1 N–H and O–H groups in total. The average Bonchev–Trinajstić information content (AvgIpc) is 3.55. The second-order valence-corrected chi connectivity index (χ2v) is 9.32. The van der Waals surface area contributed by atoms with E-state index in [2.05, 4.69) is 56.2 Å². The number of hydrogen-bond acceptors (Lipinski definition) is 6. The third-order valence-corrected chi connectivity index (χ3v) is 6.89. The van der Waals surface area contributed by atoms with Gasteiger partial charge in [0.05, 0.1) is 18.9 Å². The monoisotopic (exact) mass is 449 g/mol. The van der Waals surface area contributed by atoms with Gasteiger partial charge in [0.15, 0.2) is 5.16 Å². The fraction of sp³-hybridized carbons (Fsp3) is 0.375. The molecule has 2 fully saturated rings. The fourth-order valence-corrected chi connectivity index (χ4v) is 4.80. The highest BCUT2D eigenvalue weighted by Crippen LogP contribution is 2.38. The summed E-state index contributed by atoms with van der Waals surface area (Å²) in [5.74, 6) is 0.809. The van der Waals surface area contributed by atoms with Gasteiger partial charge in [-0.25, -0.2) is 0 Å². The van der Waals surface area contributed by atoms with Crippen LogP contribution in [0.3, 0.4) is 0 Å². The van der Waals surface area contributed by atoms with Gasteiger partial charge >= 0.3 is 0 Å². The van der Waals surface area contributed by atoms with Crippen LogP contribution in [0.5, 0.6) is 0 Å². The van der Waals surface area contributed by atoms with E-state index in [4.69, 9.17) is 4.74 Å². The molecule has 1 aliphatic heterocycles. The largest absolute Gasteiger partial charge is 0.378 e. The molecule has 1 amide bonds. The molecule has 32 heavy (non-hydrogen) atoms. The standard InChI is InChI=1S/C24H27N5O2S/c1-17-7-11-20(12-8-17)29-23(28-13-15-31-16-14-28)26-27-24(29)32-21(18-5-3-2-4-6-18)22(30)25-19-9-10-19/h2-8,11-12,19,21H,9-10,13-16H2,1H3,(H,25,30). The molecule has 0 bridgehead atoms. The summed E-state index contributed by atoms with van der Waals surface area (Å²) < 4.78 is 7.59. The normalized spacial score (nSPS) is 17.2. The van der Waals surface area contributed by atoms with Gasteiger partial charge < -0.3 is 15.0 Å². The lowest BCUT2D eigenvalue weighted by atomic mass is 10.1. The van der Waals surface area contributed by atoms with Crippen molar-refractivity contribution in [2.24, 2.45) is 0 Å². The van der Waals surface area contributed by atoms with Crippen LogP contribution in [0.15, 0.2) is 59.8 Å². The SMILES string of the molecule is Cc1ccc(-n2c(SC(C(=O)NC3CC3)c3ccccc3)nnc2N2CCOCC2)cc1. The van der Waals surface area contributed by atoms with Crippen LogP contribution in [-0.2, 0) is 9.53 Å². The highest BCUT2D eigenvalue weighted by Gasteiger charge is 2.31. The molecule has 2 aromatic carbocycles. The molecule has 1 aliphatic carbocycles. The molecule has 1 saturated heterocycles. The van der Waals surface area contributed by atoms with E-state index < -0.39 is 5.25 Å². The molecule has 2 heterocycles. The number of aryl methyl sites for hydroxylation is 1. The first-order chi connectivity index (χ1) is 15.7. The minimum atomic E-state index is -0.400. The predicted octanol–water partition coefficient (Wildman–Crippen LogP) is 3.52. The Morgan fingerprint density at radius 2 is 1.78 bits per heavy atom. The smallest absolute Gasteiger partial charge is 0.238 e. The summed E-state index contributed by atoms with van der Waals surface area (Å²) in [6.45, 7) is 4.93. The van der Waals surface area contributed by atoms with Crippen molar-refractivity contribution in [2.75, 3.05) is 31.2 Å². The number of nitrogens with zero attached hydrogens (tertiary/aromatic N) is 4. The topological polar surface area (TPSA) is 72.3 Å². The first-order valence-electron chi connectivity index (χ1n) is 11.1. The van der Waals surface area contributed by atoms with Crippen molar-refractivity contribution in [2.45, 2.75) is 36.2 Å². The van der Waals surface area contributed by atoms with Crippen molar-refractivity contribution in [3.05, 3.63) is 65.7 Å². The summed E-state index contributed by atoms with van der Waals surface area (Å²) in [5, 5.41) is 12.6. The number of aromatic nitrogens is 3. The quantitative estimate of drug-likeness (QED) is 0.557. The van der Waals surface area contributed by atoms with E-state index in [0.717, 1.165) is 43.1 Å². The molecule has 8 heteroatoms. The van der Waals surface area contributed by atoms with Gasteiger partial charge in [0.1, 0.15) is 5.25 Å². The van der Waals surface area contributed by atoms with Crippen molar-refractivity contribution in [1.29, 1.82) is 0 Å². The van der Waals surface area contributed by atoms with Gasteiger partial charge in [-0.05, 0) is 37.5 Å². The third-order valence-electron chi connectivity index (χ3n) is 5.69. The molecule has 0 radical (unpaired) electrons. The Labute approximate surface area is 192 Å². The maximum absolute atomic E-state index is 13.2. The number of rotatable bonds is 7. The summed E-state index contributed by atoms with van der Waals surface area (Å²) in [6.07, 6.45) is 2.11. The third kappa shape index (κ3) is 4.66. The van der Waals surface area contributed by atoms with Crippen LogP contribution in [-0.4, -0.2) is 53.0 Å². The number of ether oxygens (including phenoxy) is 1. The molecule has 1 unspecified atom stereocenters. The van der Waals surface area contributed by atoms with Crippen LogP contribution in [0, 0.1) is 6.92 Å². The lowest BCUT2D eigenvalue weighted by molar-refractivity contribution is -0.120. The number of amides is 1. The molecule has 166 valence electrons. The van der Waals surface area contributed by atoms with Crippen LogP contribution in [0.2, 0.25) is 0 Å². The molecule has 7 nitrogen and oxygen atoms in total. The van der Waals surface area contributed by atoms with E-state index >= 15 is 0 Å². The molecular weight excluding hydrogens is 422 g/mol. The number of carbonyl (C=O) groups is 1. The highest BCUT2D eigenvalue weighted by molar-refractivity contribution is 8.00. The van der Waals surface area contributed by atoms with Crippen LogP contribution in [0.25, 0.3) is 5.69 Å². The van der Waals surface area contributed by atoms with Gasteiger partial charge in [0.25, 0.3) is 0 Å². The molecular formula is C24H27N5O2S. The van der Waals surface area contributed by atoms with E-state index in [-0.39, 0.29) is 5.91 Å². The van der Waals surface area contributed by atoms with E-state index in [1.54, 1.807) is 0 Å². The first kappa shape index (κ1) is 21.0. The number of morpholine rings is 1. The Hall–Kier alpha value is -2.84. The first-order valence-corrected chi connectivity index (χ1v) is 11.9. The maximum atomic E-state index is 13.2. The van der Waals surface area contributed by atoms with E-state index in [0.29, 0.717) is 24.4 Å². The Balaban J connectivity index is 1.52. The van der Waals surface area contributed by atoms with E-state index in [9.17, 15) is 4.79 Å². The number of hydrogen-bond donors (Lipinski definition) is 1. The van der Waals surface area contributed by atoms with Gasteiger partial charge in [-0.15, -0.1) is 10.2 Å². The maximum Gasteiger partial charge on any atom is 0.238 e. The molecule has 1 saturated carbocycles. The molecule has 1 atom stereocenters. The number of anilines is 1. The van der Waals surface area contributed by atoms with Crippen molar-refractivity contribution in [1.82, 2.24) is 20.1 Å². The summed E-state index contributed by atoms with van der Waals surface area (Å²) >= 11 is 1.45. The molecule has 2 aliphatic rings. The van der Waals surface area contributed by atoms with Crippen LogP contribution < -0.4 is 10.2 Å². The van der Waals surface area contributed by atoms with Crippen molar-refractivity contribution in [3.8, 4) is 5.69 Å². The van der Waals surface area contributed by atoms with Crippen LogP contribution in [0.1, 0.15) is 29.2 Å². The second kappa shape index (κ2) is 9.34. The zero-order valence-corrected chi connectivity index (χ0v) is 18.9. The summed E-state index contributed by atoms with van der Waals surface area (Å²) in [4.78, 5) is 15.4.